The van der Waals surface area contributed by atoms with Gasteiger partial charge in [-0.15, -0.1) is 0 Å². The van der Waals surface area contributed by atoms with Crippen LogP contribution >= 0.6 is 0 Å². The molecule has 0 N–H and O–H groups in total. The maximum Gasteiger partial charge on any atom is 0.178 e. The molecule has 1 unspecified atom stereocenters. The van der Waals surface area contributed by atoms with Crippen molar-refractivity contribution in [3.05, 3.63) is 36.2 Å². The van der Waals surface area contributed by atoms with Crippen molar-refractivity contribution in [3.8, 4) is 6.07 Å². The molecule has 0 bridgehead atoms. The van der Waals surface area contributed by atoms with E-state index >= 15 is 0 Å². The summed E-state index contributed by atoms with van der Waals surface area (Å²) in [5.41, 5.74) is 0.0741. The molecule has 2 aliphatic rings. The maximum atomic E-state index is 12.3. The van der Waals surface area contributed by atoms with E-state index in [1.807, 2.05) is 38.2 Å². The molecule has 5 heteroatoms. The number of nitriles is 1. The highest BCUT2D eigenvalue weighted by atomic mass is 16.5. The molecule has 114 valence electrons. The first-order valence-corrected chi connectivity index (χ1v) is 7.43. The summed E-state index contributed by atoms with van der Waals surface area (Å²) in [6, 6.07) is 5.96. The number of aromatic nitrogens is 1. The van der Waals surface area contributed by atoms with Crippen molar-refractivity contribution in [1.29, 1.82) is 5.26 Å². The molecule has 1 aromatic heterocycles. The molecule has 0 radical (unpaired) electrons. The van der Waals surface area contributed by atoms with Gasteiger partial charge in [0, 0.05) is 18.2 Å². The van der Waals surface area contributed by atoms with Gasteiger partial charge in [0.15, 0.2) is 5.78 Å². The van der Waals surface area contributed by atoms with Crippen LogP contribution < -0.4 is 4.90 Å². The van der Waals surface area contributed by atoms with Gasteiger partial charge >= 0.3 is 0 Å². The second-order valence-corrected chi connectivity index (χ2v) is 6.61. The number of Topliss-reactive ketones (excluding diaryl/α,β-unsaturated/α-hetero) is 1. The van der Waals surface area contributed by atoms with E-state index in [2.05, 4.69) is 9.88 Å². The monoisotopic (exact) mass is 297 g/mol. The smallest absolute Gasteiger partial charge is 0.178 e. The standard InChI is InChI=1S/C17H19N3O2/c1-16(2)11-17(8-13(9-18)15(16)21)12-20(6-7-22-17)14-4-3-5-19-10-14/h3-5,8,10H,6-7,11-12H2,1-2H3. The number of hydrogen-bond donors (Lipinski definition) is 0. The summed E-state index contributed by atoms with van der Waals surface area (Å²) in [7, 11) is 0. The van der Waals surface area contributed by atoms with Crippen LogP contribution in [0.3, 0.4) is 0 Å². The highest BCUT2D eigenvalue weighted by Gasteiger charge is 2.48. The number of anilines is 1. The molecular weight excluding hydrogens is 278 g/mol. The quantitative estimate of drug-likeness (QED) is 0.794. The Hall–Kier alpha value is -2.19. The predicted molar refractivity (Wildman–Crippen MR) is 82.2 cm³/mol. The third-order valence-corrected chi connectivity index (χ3v) is 4.35. The second-order valence-electron chi connectivity index (χ2n) is 6.61. The fourth-order valence-electron chi connectivity index (χ4n) is 3.42. The highest BCUT2D eigenvalue weighted by molar-refractivity contribution is 6.04. The minimum Gasteiger partial charge on any atom is -0.367 e. The molecule has 0 saturated carbocycles. The molecule has 1 aliphatic carbocycles. The lowest BCUT2D eigenvalue weighted by molar-refractivity contribution is -0.130. The van der Waals surface area contributed by atoms with Gasteiger partial charge in [-0.3, -0.25) is 9.78 Å². The van der Waals surface area contributed by atoms with E-state index in [0.717, 1.165) is 12.2 Å². The number of carbonyl (C=O) groups is 1. The fraction of sp³-hybridized carbons (Fsp3) is 0.471. The lowest BCUT2D eigenvalue weighted by atomic mass is 9.69. The lowest BCUT2D eigenvalue weighted by Gasteiger charge is -2.47. The first-order valence-electron chi connectivity index (χ1n) is 7.43. The van der Waals surface area contributed by atoms with Gasteiger partial charge in [0.1, 0.15) is 11.7 Å². The summed E-state index contributed by atoms with van der Waals surface area (Å²) in [6.07, 6.45) is 5.88. The fourth-order valence-corrected chi connectivity index (χ4v) is 3.42. The Morgan fingerprint density at radius 3 is 2.95 bits per heavy atom. The Balaban J connectivity index is 1.94. The number of nitrogens with zero attached hydrogens (tertiary/aromatic N) is 3. The van der Waals surface area contributed by atoms with Crippen molar-refractivity contribution in [2.75, 3.05) is 24.6 Å². The molecule has 1 spiro atoms. The van der Waals surface area contributed by atoms with Crippen LogP contribution in [0.1, 0.15) is 20.3 Å². The number of hydrogen-bond acceptors (Lipinski definition) is 5. The molecule has 1 aliphatic heterocycles. The van der Waals surface area contributed by atoms with Gasteiger partial charge in [-0.05, 0) is 24.6 Å². The van der Waals surface area contributed by atoms with E-state index in [1.54, 1.807) is 12.3 Å². The average molecular weight is 297 g/mol. The number of pyridine rings is 1. The molecular formula is C17H19N3O2. The molecule has 3 rings (SSSR count). The van der Waals surface area contributed by atoms with E-state index in [0.29, 0.717) is 19.6 Å². The third-order valence-electron chi connectivity index (χ3n) is 4.35. The first kappa shape index (κ1) is 14.7. The van der Waals surface area contributed by atoms with Gasteiger partial charge < -0.3 is 9.64 Å². The Bertz CT molecular complexity index is 660. The number of carbonyl (C=O) groups excluding carboxylic acids is 1. The van der Waals surface area contributed by atoms with Crippen LogP contribution in [0.15, 0.2) is 36.2 Å². The molecule has 0 amide bonds. The van der Waals surface area contributed by atoms with Crippen LogP contribution in [0, 0.1) is 16.7 Å². The summed E-state index contributed by atoms with van der Waals surface area (Å²) in [6.45, 7) is 5.73. The van der Waals surface area contributed by atoms with Crippen molar-refractivity contribution in [2.45, 2.75) is 25.9 Å². The summed E-state index contributed by atoms with van der Waals surface area (Å²) in [5, 5.41) is 9.27. The van der Waals surface area contributed by atoms with E-state index in [9.17, 15) is 10.1 Å². The minimum absolute atomic E-state index is 0.0947. The Labute approximate surface area is 130 Å². The van der Waals surface area contributed by atoms with Crippen LogP contribution in [0.25, 0.3) is 0 Å². The summed E-state index contributed by atoms with van der Waals surface area (Å²) in [5.74, 6) is -0.0947. The normalized spacial score (nSPS) is 27.4. The molecule has 1 aromatic rings. The van der Waals surface area contributed by atoms with Crippen LogP contribution in [-0.2, 0) is 9.53 Å². The maximum absolute atomic E-state index is 12.3. The van der Waals surface area contributed by atoms with E-state index in [4.69, 9.17) is 4.74 Å². The molecule has 1 saturated heterocycles. The molecule has 1 atom stereocenters. The first-order chi connectivity index (χ1) is 10.5. The van der Waals surface area contributed by atoms with Crippen molar-refractivity contribution in [1.82, 2.24) is 4.98 Å². The number of morpholine rings is 1. The largest absolute Gasteiger partial charge is 0.367 e. The summed E-state index contributed by atoms with van der Waals surface area (Å²) in [4.78, 5) is 18.6. The zero-order chi connectivity index (χ0) is 15.8. The van der Waals surface area contributed by atoms with Crippen LogP contribution in [-0.4, -0.2) is 36.1 Å². The van der Waals surface area contributed by atoms with Crippen LogP contribution in [0.2, 0.25) is 0 Å². The van der Waals surface area contributed by atoms with E-state index in [1.165, 1.54) is 0 Å². The molecule has 5 nitrogen and oxygen atoms in total. The van der Waals surface area contributed by atoms with Gasteiger partial charge in [0.05, 0.1) is 30.6 Å². The summed E-state index contributed by atoms with van der Waals surface area (Å²) >= 11 is 0. The van der Waals surface area contributed by atoms with Crippen molar-refractivity contribution in [2.24, 2.45) is 5.41 Å². The third kappa shape index (κ3) is 2.51. The zero-order valence-corrected chi connectivity index (χ0v) is 12.9. The predicted octanol–water partition coefficient (Wildman–Crippen LogP) is 2.11. The summed E-state index contributed by atoms with van der Waals surface area (Å²) < 4.78 is 6.03. The van der Waals surface area contributed by atoms with Gasteiger partial charge in [0.2, 0.25) is 0 Å². The number of ether oxygens (including phenoxy) is 1. The van der Waals surface area contributed by atoms with E-state index < -0.39 is 11.0 Å². The van der Waals surface area contributed by atoms with Gasteiger partial charge in [-0.1, -0.05) is 13.8 Å². The second kappa shape index (κ2) is 5.22. The van der Waals surface area contributed by atoms with Crippen molar-refractivity contribution in [3.63, 3.8) is 0 Å². The number of rotatable bonds is 1. The lowest BCUT2D eigenvalue weighted by Crippen LogP contribution is -2.55. The Morgan fingerprint density at radius 1 is 1.45 bits per heavy atom. The number of allylic oxidation sites excluding steroid dienone is 1. The molecule has 2 heterocycles. The van der Waals surface area contributed by atoms with Gasteiger partial charge in [0.25, 0.3) is 0 Å². The van der Waals surface area contributed by atoms with Gasteiger partial charge in [-0.25, -0.2) is 0 Å². The highest BCUT2D eigenvalue weighted by Crippen LogP contribution is 2.41. The zero-order valence-electron chi connectivity index (χ0n) is 12.9. The molecule has 22 heavy (non-hydrogen) atoms. The van der Waals surface area contributed by atoms with Crippen molar-refractivity contribution >= 4 is 11.5 Å². The van der Waals surface area contributed by atoms with Crippen LogP contribution in [0.5, 0.6) is 0 Å². The van der Waals surface area contributed by atoms with Crippen molar-refractivity contribution < 1.29 is 9.53 Å². The average Bonchev–Trinajstić information content (AvgIpc) is 2.51. The Morgan fingerprint density at radius 2 is 2.27 bits per heavy atom. The minimum atomic E-state index is -0.587. The van der Waals surface area contributed by atoms with Crippen LogP contribution in [0.4, 0.5) is 5.69 Å². The topological polar surface area (TPSA) is 66.2 Å². The van der Waals surface area contributed by atoms with E-state index in [-0.39, 0.29) is 11.4 Å². The number of ketones is 1. The molecule has 0 aromatic carbocycles. The Kier molecular flexibility index (Phi) is 3.50. The molecule has 1 fully saturated rings. The SMILES string of the molecule is CC1(C)CC2(C=C(C#N)C1=O)CN(c1cccnc1)CCO2. The van der Waals surface area contributed by atoms with Gasteiger partial charge in [-0.2, -0.15) is 5.26 Å².